The molecule has 0 aliphatic rings. The van der Waals surface area contributed by atoms with Crippen molar-refractivity contribution in [2.24, 2.45) is 0 Å². The van der Waals surface area contributed by atoms with Crippen molar-refractivity contribution >= 4 is 34.3 Å². The molecule has 0 spiro atoms. The van der Waals surface area contributed by atoms with E-state index in [1.807, 2.05) is 12.1 Å². The zero-order valence-corrected chi connectivity index (χ0v) is 14.8. The molecule has 8 heteroatoms. The first-order valence-corrected chi connectivity index (χ1v) is 8.52. The minimum Gasteiger partial charge on any atom is -0.340 e. The van der Waals surface area contributed by atoms with Gasteiger partial charge in [0, 0.05) is 17.1 Å². The number of pyridine rings is 1. The largest absolute Gasteiger partial charge is 0.340 e. The van der Waals surface area contributed by atoms with Crippen molar-refractivity contribution in [1.82, 2.24) is 15.8 Å². The summed E-state index contributed by atoms with van der Waals surface area (Å²) in [6.45, 7) is 0. The number of carbonyl (C=O) groups is 3. The summed E-state index contributed by atoms with van der Waals surface area (Å²) in [5.74, 6) is -1.92. The summed E-state index contributed by atoms with van der Waals surface area (Å²) >= 11 is 0. The third-order valence-electron chi connectivity index (χ3n) is 4.06. The molecule has 0 unspecified atom stereocenters. The number of carbonyl (C=O) groups excluding carboxylic acids is 3. The third-order valence-corrected chi connectivity index (χ3v) is 4.06. The van der Waals surface area contributed by atoms with E-state index in [1.165, 1.54) is 5.48 Å². The van der Waals surface area contributed by atoms with E-state index in [4.69, 9.17) is 5.21 Å². The molecule has 0 saturated heterocycles. The number of hydrogen-bond acceptors (Lipinski definition) is 5. The van der Waals surface area contributed by atoms with Crippen LogP contribution in [0.25, 0.3) is 10.9 Å². The van der Waals surface area contributed by atoms with E-state index < -0.39 is 30.2 Å². The average molecular weight is 378 g/mol. The third kappa shape index (κ3) is 4.49. The molecule has 8 nitrogen and oxygen atoms in total. The molecule has 0 radical (unpaired) electrons. The second-order valence-corrected chi connectivity index (χ2v) is 6.00. The second-order valence-electron chi connectivity index (χ2n) is 6.00. The first-order valence-electron chi connectivity index (χ1n) is 8.52. The van der Waals surface area contributed by atoms with Gasteiger partial charge in [-0.2, -0.15) is 0 Å². The highest BCUT2D eigenvalue weighted by molar-refractivity contribution is 6.06. The Kier molecular flexibility index (Phi) is 5.93. The summed E-state index contributed by atoms with van der Waals surface area (Å²) in [6.07, 6.45) is 1.17. The van der Waals surface area contributed by atoms with Crippen LogP contribution >= 0.6 is 0 Å². The van der Waals surface area contributed by atoms with Gasteiger partial charge in [-0.15, -0.1) is 0 Å². The molecule has 1 aromatic heterocycles. The van der Waals surface area contributed by atoms with Gasteiger partial charge in [-0.3, -0.25) is 24.6 Å². The topological polar surface area (TPSA) is 120 Å². The predicted molar refractivity (Wildman–Crippen MR) is 103 cm³/mol. The van der Waals surface area contributed by atoms with Crippen molar-refractivity contribution in [3.63, 3.8) is 0 Å². The van der Waals surface area contributed by atoms with Crippen molar-refractivity contribution in [1.29, 1.82) is 0 Å². The van der Waals surface area contributed by atoms with Crippen LogP contribution in [-0.2, 0) is 9.59 Å². The van der Waals surface area contributed by atoms with Crippen LogP contribution in [0.4, 0.5) is 5.69 Å². The number of benzene rings is 2. The van der Waals surface area contributed by atoms with Gasteiger partial charge in [0.2, 0.25) is 11.8 Å². The van der Waals surface area contributed by atoms with Crippen molar-refractivity contribution in [3.8, 4) is 0 Å². The molecule has 2 aromatic carbocycles. The van der Waals surface area contributed by atoms with Crippen molar-refractivity contribution in [2.45, 2.75) is 12.5 Å². The number of aromatic nitrogens is 1. The number of hydrogen-bond donors (Lipinski definition) is 4. The number of nitrogens with one attached hydrogen (secondary N) is 3. The van der Waals surface area contributed by atoms with Gasteiger partial charge in [0.05, 0.1) is 17.6 Å². The Morgan fingerprint density at radius 2 is 1.71 bits per heavy atom. The number of amides is 3. The zero-order chi connectivity index (χ0) is 19.9. The van der Waals surface area contributed by atoms with E-state index >= 15 is 0 Å². The summed E-state index contributed by atoms with van der Waals surface area (Å²) in [7, 11) is 0. The number of hydroxylamine groups is 1. The Morgan fingerprint density at radius 1 is 0.964 bits per heavy atom. The summed E-state index contributed by atoms with van der Waals surface area (Å²) in [4.78, 5) is 41.0. The maximum Gasteiger partial charge on any atom is 0.251 e. The fourth-order valence-corrected chi connectivity index (χ4v) is 2.70. The lowest BCUT2D eigenvalue weighted by atomic mass is 10.1. The van der Waals surface area contributed by atoms with Gasteiger partial charge in [-0.25, -0.2) is 5.48 Å². The van der Waals surface area contributed by atoms with E-state index in [2.05, 4.69) is 15.6 Å². The van der Waals surface area contributed by atoms with Gasteiger partial charge in [0.15, 0.2) is 0 Å². The molecule has 1 heterocycles. The Morgan fingerprint density at radius 3 is 2.46 bits per heavy atom. The second kappa shape index (κ2) is 8.74. The minimum absolute atomic E-state index is 0.344. The van der Waals surface area contributed by atoms with Crippen LogP contribution in [0.3, 0.4) is 0 Å². The molecule has 28 heavy (non-hydrogen) atoms. The maximum atomic E-state index is 12.8. The van der Waals surface area contributed by atoms with Crippen LogP contribution < -0.4 is 16.1 Å². The molecule has 0 bridgehead atoms. The van der Waals surface area contributed by atoms with Crippen molar-refractivity contribution in [2.75, 3.05) is 5.32 Å². The van der Waals surface area contributed by atoms with Crippen molar-refractivity contribution in [3.05, 3.63) is 72.4 Å². The van der Waals surface area contributed by atoms with Gasteiger partial charge >= 0.3 is 0 Å². The highest BCUT2D eigenvalue weighted by Gasteiger charge is 2.25. The fraction of sp³-hybridized carbons (Fsp3) is 0.100. The Bertz CT molecular complexity index is 1000. The highest BCUT2D eigenvalue weighted by Crippen LogP contribution is 2.21. The predicted octanol–water partition coefficient (Wildman–Crippen LogP) is 1.87. The number of para-hydroxylation sites is 1. The van der Waals surface area contributed by atoms with Crippen LogP contribution in [0, 0.1) is 0 Å². The minimum atomic E-state index is -1.20. The van der Waals surface area contributed by atoms with Gasteiger partial charge < -0.3 is 10.6 Å². The number of rotatable bonds is 6. The Balaban J connectivity index is 1.81. The van der Waals surface area contributed by atoms with Crippen LogP contribution in [0.5, 0.6) is 0 Å². The normalized spacial score (nSPS) is 11.5. The SMILES string of the molecule is O=C(C[C@H](NC(=O)c1ccccc1)C(=O)Nc1cccc2cccnc12)NO. The van der Waals surface area contributed by atoms with Gasteiger partial charge in [-0.1, -0.05) is 36.4 Å². The van der Waals surface area contributed by atoms with E-state index in [0.717, 1.165) is 5.39 Å². The smallest absolute Gasteiger partial charge is 0.251 e. The summed E-state index contributed by atoms with van der Waals surface area (Å²) < 4.78 is 0. The van der Waals surface area contributed by atoms with Crippen LogP contribution in [0.15, 0.2) is 66.9 Å². The molecule has 3 aromatic rings. The number of nitrogens with zero attached hydrogens (tertiary/aromatic N) is 1. The van der Waals surface area contributed by atoms with Crippen LogP contribution in [-0.4, -0.2) is 34.0 Å². The Hall–Kier alpha value is -3.78. The van der Waals surface area contributed by atoms with Gasteiger partial charge in [-0.05, 0) is 24.3 Å². The van der Waals surface area contributed by atoms with Crippen molar-refractivity contribution < 1.29 is 19.6 Å². The fourth-order valence-electron chi connectivity index (χ4n) is 2.70. The van der Waals surface area contributed by atoms with E-state index in [0.29, 0.717) is 16.8 Å². The van der Waals surface area contributed by atoms with E-state index in [1.54, 1.807) is 54.7 Å². The first-order chi connectivity index (χ1) is 13.6. The van der Waals surface area contributed by atoms with Crippen LogP contribution in [0.2, 0.25) is 0 Å². The van der Waals surface area contributed by atoms with E-state index in [9.17, 15) is 14.4 Å². The maximum absolute atomic E-state index is 12.8. The first kappa shape index (κ1) is 19.0. The van der Waals surface area contributed by atoms with Gasteiger partial charge in [0.1, 0.15) is 6.04 Å². The lowest BCUT2D eigenvalue weighted by Gasteiger charge is -2.18. The quantitative estimate of drug-likeness (QED) is 0.385. The summed E-state index contributed by atoms with van der Waals surface area (Å²) in [5, 5.41) is 14.8. The Labute approximate surface area is 160 Å². The standard InChI is InChI=1S/C20H18N4O4/c25-17(24-28)12-16(23-19(26)14-6-2-1-3-7-14)20(27)22-15-10-4-8-13-9-5-11-21-18(13)15/h1-11,16,28H,12H2,(H,22,27)(H,23,26)(H,24,25)/t16-/m0/s1. The molecule has 142 valence electrons. The molecule has 0 aliphatic heterocycles. The molecule has 4 N–H and O–H groups in total. The number of fused-ring (bicyclic) bond motifs is 1. The van der Waals surface area contributed by atoms with Gasteiger partial charge in [0.25, 0.3) is 5.91 Å². The lowest BCUT2D eigenvalue weighted by Crippen LogP contribution is -2.46. The summed E-state index contributed by atoms with van der Waals surface area (Å²) in [5.41, 5.74) is 2.85. The van der Waals surface area contributed by atoms with Crippen LogP contribution in [0.1, 0.15) is 16.8 Å². The molecular formula is C20H18N4O4. The molecule has 0 aliphatic carbocycles. The number of anilines is 1. The molecule has 1 atom stereocenters. The highest BCUT2D eigenvalue weighted by atomic mass is 16.5. The summed E-state index contributed by atoms with van der Waals surface area (Å²) in [6, 6.07) is 16.0. The average Bonchev–Trinajstić information content (AvgIpc) is 2.74. The molecule has 3 rings (SSSR count). The molecule has 0 fully saturated rings. The monoisotopic (exact) mass is 378 g/mol. The molecular weight excluding hydrogens is 360 g/mol. The lowest BCUT2D eigenvalue weighted by molar-refractivity contribution is -0.131. The zero-order valence-electron chi connectivity index (χ0n) is 14.8. The molecule has 3 amide bonds. The molecule has 0 saturated carbocycles. The van der Waals surface area contributed by atoms with E-state index in [-0.39, 0.29) is 0 Å².